The van der Waals surface area contributed by atoms with Gasteiger partial charge in [0.15, 0.2) is 5.37 Å². The molecule has 1 heterocycles. The number of nitrogens with one attached hydrogen (secondary N) is 1. The summed E-state index contributed by atoms with van der Waals surface area (Å²) in [5, 5.41) is 11.4. The Labute approximate surface area is 83.3 Å². The molecule has 0 aromatic rings. The molecule has 3 heteroatoms. The van der Waals surface area contributed by atoms with Crippen LogP contribution in [-0.4, -0.2) is 11.1 Å². The molecule has 0 aromatic carbocycles. The van der Waals surface area contributed by atoms with Crippen LogP contribution in [0.1, 0.15) is 13.3 Å². The Morgan fingerprint density at radius 1 is 1.46 bits per heavy atom. The van der Waals surface area contributed by atoms with Gasteiger partial charge in [0.2, 0.25) is 0 Å². The Balaban J connectivity index is 2.29. The van der Waals surface area contributed by atoms with Crippen molar-refractivity contribution in [3.05, 3.63) is 29.6 Å². The molecule has 1 aliphatic heterocycles. The first-order valence-electron chi connectivity index (χ1n) is 4.30. The molecule has 0 aromatic heterocycles. The van der Waals surface area contributed by atoms with Crippen molar-refractivity contribution in [2.24, 2.45) is 0 Å². The molecule has 0 saturated carbocycles. The van der Waals surface area contributed by atoms with E-state index in [0.29, 0.717) is 0 Å². The van der Waals surface area contributed by atoms with E-state index < -0.39 is 0 Å². The number of hydrogen-bond acceptors (Lipinski definition) is 2. The molecule has 0 amide bonds. The predicted octanol–water partition coefficient (Wildman–Crippen LogP) is 0.925. The van der Waals surface area contributed by atoms with Crippen LogP contribution in [0, 0.1) is 17.0 Å². The van der Waals surface area contributed by atoms with E-state index in [1.165, 1.54) is 0 Å². The number of hydrogen-bond donors (Lipinski definition) is 1. The normalized spacial score (nSPS) is 25.4. The van der Waals surface area contributed by atoms with Crippen molar-refractivity contribution in [1.82, 2.24) is 0 Å². The lowest BCUT2D eigenvalue weighted by Crippen LogP contribution is -3.06. The zero-order valence-electron chi connectivity index (χ0n) is 7.62. The number of rotatable bonds is 2. The van der Waals surface area contributed by atoms with Crippen molar-refractivity contribution in [3.8, 4) is 11.8 Å². The lowest BCUT2D eigenvalue weighted by Gasteiger charge is -2.26. The van der Waals surface area contributed by atoms with Gasteiger partial charge < -0.3 is 10.3 Å². The van der Waals surface area contributed by atoms with Gasteiger partial charge in [-0.05, 0) is 12.2 Å². The van der Waals surface area contributed by atoms with Gasteiger partial charge in [0, 0.05) is 6.42 Å². The van der Waals surface area contributed by atoms with E-state index in [1.807, 2.05) is 19.1 Å². The minimum atomic E-state index is -0.0174. The third-order valence-corrected chi connectivity index (χ3v) is 2.63. The summed E-state index contributed by atoms with van der Waals surface area (Å²) in [6.45, 7) is 2.02. The molecule has 2 atom stereocenters. The molecule has 70 valence electrons. The molecular weight excluding hydrogens is 182 g/mol. The summed E-state index contributed by atoms with van der Waals surface area (Å²) < 4.78 is 0. The Kier molecular flexibility index (Phi) is 4.69. The first kappa shape index (κ1) is 10.4. The van der Waals surface area contributed by atoms with Crippen molar-refractivity contribution in [1.29, 1.82) is 0 Å². The molecule has 1 rings (SSSR count). The molecule has 0 fully saturated rings. The Hall–Kier alpha value is -0.690. The van der Waals surface area contributed by atoms with Gasteiger partial charge >= 0.3 is 0 Å². The molecule has 2 nitrogen and oxygen atoms in total. The summed E-state index contributed by atoms with van der Waals surface area (Å²) in [4.78, 5) is 0. The molecular formula is C10H13NOS. The van der Waals surface area contributed by atoms with Gasteiger partial charge in [0.1, 0.15) is 0 Å². The SMILES string of the molecule is CCC#CCSC1C=CC=C[NH+]1[O-]. The first-order chi connectivity index (χ1) is 6.34. The highest BCUT2D eigenvalue weighted by Gasteiger charge is 2.11. The van der Waals surface area contributed by atoms with E-state index in [2.05, 4.69) is 11.8 Å². The molecule has 0 aliphatic carbocycles. The van der Waals surface area contributed by atoms with Crippen LogP contribution in [0.5, 0.6) is 0 Å². The molecule has 1 aliphatic rings. The Morgan fingerprint density at radius 3 is 3.00 bits per heavy atom. The highest BCUT2D eigenvalue weighted by Crippen LogP contribution is 2.07. The van der Waals surface area contributed by atoms with E-state index in [-0.39, 0.29) is 10.4 Å². The summed E-state index contributed by atoms with van der Waals surface area (Å²) in [5.41, 5.74) is 0. The maximum Gasteiger partial charge on any atom is 0.158 e. The van der Waals surface area contributed by atoms with Crippen LogP contribution < -0.4 is 5.06 Å². The summed E-state index contributed by atoms with van der Waals surface area (Å²) >= 11 is 1.58. The highest BCUT2D eigenvalue weighted by atomic mass is 32.2. The van der Waals surface area contributed by atoms with E-state index >= 15 is 0 Å². The first-order valence-corrected chi connectivity index (χ1v) is 5.35. The molecule has 13 heavy (non-hydrogen) atoms. The second kappa shape index (κ2) is 5.87. The van der Waals surface area contributed by atoms with E-state index in [9.17, 15) is 5.21 Å². The quantitative estimate of drug-likeness (QED) is 0.524. The molecule has 0 radical (unpaired) electrons. The number of hydroxylamine groups is 2. The molecule has 0 spiro atoms. The van der Waals surface area contributed by atoms with Gasteiger partial charge in [-0.15, -0.1) is 5.92 Å². The van der Waals surface area contributed by atoms with Gasteiger partial charge in [-0.2, -0.15) is 0 Å². The van der Waals surface area contributed by atoms with Crippen LogP contribution in [0.25, 0.3) is 0 Å². The zero-order valence-corrected chi connectivity index (χ0v) is 8.43. The van der Waals surface area contributed by atoms with E-state index in [4.69, 9.17) is 0 Å². The third-order valence-electron chi connectivity index (χ3n) is 1.57. The molecule has 0 saturated heterocycles. The lowest BCUT2D eigenvalue weighted by atomic mass is 10.4. The van der Waals surface area contributed by atoms with Crippen molar-refractivity contribution in [3.63, 3.8) is 0 Å². The van der Waals surface area contributed by atoms with Crippen LogP contribution in [0.4, 0.5) is 0 Å². The summed E-state index contributed by atoms with van der Waals surface area (Å²) in [7, 11) is 0. The fourth-order valence-electron chi connectivity index (χ4n) is 0.950. The second-order valence-corrected chi connectivity index (χ2v) is 3.71. The number of allylic oxidation sites excluding steroid dienone is 2. The van der Waals surface area contributed by atoms with Gasteiger partial charge in [-0.1, -0.05) is 30.7 Å². The maximum absolute atomic E-state index is 11.3. The van der Waals surface area contributed by atoms with Crippen LogP contribution in [-0.2, 0) is 0 Å². The highest BCUT2D eigenvalue weighted by molar-refractivity contribution is 8.00. The maximum atomic E-state index is 11.3. The Bertz CT molecular complexity index is 262. The second-order valence-electron chi connectivity index (χ2n) is 2.59. The molecule has 1 N–H and O–H groups in total. The largest absolute Gasteiger partial charge is 0.628 e. The fraction of sp³-hybridized carbons (Fsp3) is 0.400. The van der Waals surface area contributed by atoms with Crippen LogP contribution in [0.3, 0.4) is 0 Å². The average Bonchev–Trinajstić information content (AvgIpc) is 2.15. The van der Waals surface area contributed by atoms with Gasteiger partial charge in [-0.25, -0.2) is 0 Å². The number of thioether (sulfide) groups is 1. The standard InChI is InChI=1S/C10H13NOS/c1-2-3-6-9-13-10-7-4-5-8-11(10)12/h4-5,7-8,10-11H,2,9H2,1H3. The molecule has 0 bridgehead atoms. The monoisotopic (exact) mass is 195 g/mol. The summed E-state index contributed by atoms with van der Waals surface area (Å²) in [5.74, 6) is 6.72. The predicted molar refractivity (Wildman–Crippen MR) is 56.9 cm³/mol. The van der Waals surface area contributed by atoms with Gasteiger partial charge in [0.25, 0.3) is 0 Å². The van der Waals surface area contributed by atoms with Crippen molar-refractivity contribution in [2.75, 3.05) is 5.75 Å². The Morgan fingerprint density at radius 2 is 2.31 bits per heavy atom. The van der Waals surface area contributed by atoms with Crippen molar-refractivity contribution in [2.45, 2.75) is 18.7 Å². The lowest BCUT2D eigenvalue weighted by molar-refractivity contribution is -0.796. The molecule has 2 unspecified atom stereocenters. The van der Waals surface area contributed by atoms with Gasteiger partial charge in [0.05, 0.1) is 12.0 Å². The summed E-state index contributed by atoms with van der Waals surface area (Å²) in [6.07, 6.45) is 8.10. The topological polar surface area (TPSA) is 27.5 Å². The average molecular weight is 195 g/mol. The van der Waals surface area contributed by atoms with Crippen molar-refractivity contribution >= 4 is 11.8 Å². The van der Waals surface area contributed by atoms with Crippen LogP contribution >= 0.6 is 11.8 Å². The fourth-order valence-corrected chi connectivity index (χ4v) is 1.76. The minimum Gasteiger partial charge on any atom is -0.628 e. The van der Waals surface area contributed by atoms with E-state index in [0.717, 1.165) is 12.2 Å². The van der Waals surface area contributed by atoms with Crippen LogP contribution in [0.2, 0.25) is 0 Å². The van der Waals surface area contributed by atoms with Gasteiger partial charge in [-0.3, -0.25) is 0 Å². The smallest absolute Gasteiger partial charge is 0.158 e. The number of quaternary nitrogens is 1. The zero-order chi connectivity index (χ0) is 9.52. The van der Waals surface area contributed by atoms with Crippen molar-refractivity contribution < 1.29 is 5.06 Å². The minimum absolute atomic E-state index is 0.0174. The van der Waals surface area contributed by atoms with Crippen LogP contribution in [0.15, 0.2) is 24.4 Å². The van der Waals surface area contributed by atoms with E-state index in [1.54, 1.807) is 24.0 Å². The summed E-state index contributed by atoms with van der Waals surface area (Å²) in [6, 6.07) is 0. The third kappa shape index (κ3) is 3.69.